The summed E-state index contributed by atoms with van der Waals surface area (Å²) in [5.41, 5.74) is 0.744. The Morgan fingerprint density at radius 2 is 1.54 bits per heavy atom. The summed E-state index contributed by atoms with van der Waals surface area (Å²) in [4.78, 5) is 12.6. The van der Waals surface area contributed by atoms with E-state index in [-0.39, 0.29) is 29.4 Å². The zero-order valence-electron chi connectivity index (χ0n) is 19.0. The Hall–Kier alpha value is -3.39. The predicted molar refractivity (Wildman–Crippen MR) is 121 cm³/mol. The van der Waals surface area contributed by atoms with E-state index in [1.54, 1.807) is 24.3 Å². The van der Waals surface area contributed by atoms with Gasteiger partial charge in [0.15, 0.2) is 23.2 Å². The third kappa shape index (κ3) is 5.03. The van der Waals surface area contributed by atoms with Crippen molar-refractivity contribution < 1.29 is 36.9 Å². The summed E-state index contributed by atoms with van der Waals surface area (Å²) in [5, 5.41) is 9.12. The third-order valence-corrected chi connectivity index (χ3v) is 6.43. The zero-order chi connectivity index (χ0) is 25.1. The fraction of sp³-hybridized carbons (Fsp3) is 0.296. The highest BCUT2D eigenvalue weighted by molar-refractivity contribution is 5.90. The van der Waals surface area contributed by atoms with Gasteiger partial charge in [0.05, 0.1) is 19.3 Å². The van der Waals surface area contributed by atoms with Crippen LogP contribution in [0.5, 0.6) is 5.75 Å². The molecule has 0 bridgehead atoms. The molecule has 4 rings (SSSR count). The minimum Gasteiger partial charge on any atom is -0.494 e. The lowest BCUT2D eigenvalue weighted by atomic mass is 9.82. The molecular formula is C27H24F4O4. The highest BCUT2D eigenvalue weighted by atomic mass is 19.2. The molecule has 3 aromatic carbocycles. The lowest BCUT2D eigenvalue weighted by Gasteiger charge is -2.29. The Balaban J connectivity index is 1.42. The van der Waals surface area contributed by atoms with Crippen LogP contribution in [-0.4, -0.2) is 24.3 Å². The highest BCUT2D eigenvalue weighted by Gasteiger charge is 2.30. The largest absolute Gasteiger partial charge is 0.494 e. The summed E-state index contributed by atoms with van der Waals surface area (Å²) in [6.45, 7) is -0.171. The second kappa shape index (κ2) is 10.5. The molecule has 0 atom stereocenters. The maximum Gasteiger partial charge on any atom is 0.341 e. The molecule has 8 heteroatoms. The van der Waals surface area contributed by atoms with Gasteiger partial charge in [-0.2, -0.15) is 4.39 Å². The molecule has 0 aromatic heterocycles. The molecule has 0 heterocycles. The van der Waals surface area contributed by atoms with Gasteiger partial charge in [0.2, 0.25) is 5.82 Å². The summed E-state index contributed by atoms with van der Waals surface area (Å²) < 4.78 is 68.1. The standard InChI is InChI=1S/C27H24F4O4/c1-34-22-13-12-20(24(29)26(22)31)17-6-8-18(9-7-17)35-27(33)21-11-10-19(23(28)25(21)30)16-4-2-15(14-32)3-5-16/h2-5,10-13,17-18,32H,6-9,14H2,1H3. The number of carbonyl (C=O) groups is 1. The first-order chi connectivity index (χ1) is 16.8. The molecule has 3 aromatic rings. The first-order valence-corrected chi connectivity index (χ1v) is 11.2. The van der Waals surface area contributed by atoms with Crippen molar-refractivity contribution in [1.82, 2.24) is 0 Å². The summed E-state index contributed by atoms with van der Waals surface area (Å²) >= 11 is 0. The Labute approximate surface area is 200 Å². The van der Waals surface area contributed by atoms with Gasteiger partial charge in [-0.3, -0.25) is 0 Å². The van der Waals surface area contributed by atoms with Crippen molar-refractivity contribution in [3.8, 4) is 16.9 Å². The van der Waals surface area contributed by atoms with Crippen molar-refractivity contribution in [1.29, 1.82) is 0 Å². The summed E-state index contributed by atoms with van der Waals surface area (Å²) in [6.07, 6.45) is 1.10. The number of esters is 1. The van der Waals surface area contributed by atoms with Gasteiger partial charge in [-0.05, 0) is 60.4 Å². The molecule has 1 N–H and O–H groups in total. The van der Waals surface area contributed by atoms with Crippen LogP contribution in [0, 0.1) is 23.3 Å². The molecular weight excluding hydrogens is 464 g/mol. The van der Waals surface area contributed by atoms with E-state index in [0.29, 0.717) is 36.8 Å². The van der Waals surface area contributed by atoms with Crippen LogP contribution in [0.2, 0.25) is 0 Å². The van der Waals surface area contributed by atoms with Crippen molar-refractivity contribution in [2.24, 2.45) is 0 Å². The van der Waals surface area contributed by atoms with E-state index in [1.165, 1.54) is 31.4 Å². The molecule has 1 aliphatic rings. The molecule has 184 valence electrons. The molecule has 0 radical (unpaired) electrons. The number of halogens is 4. The Kier molecular flexibility index (Phi) is 7.40. The number of aliphatic hydroxyl groups is 1. The van der Waals surface area contributed by atoms with Gasteiger partial charge in [-0.25, -0.2) is 18.0 Å². The Morgan fingerprint density at radius 1 is 0.857 bits per heavy atom. The quantitative estimate of drug-likeness (QED) is 0.327. The number of benzene rings is 3. The highest BCUT2D eigenvalue weighted by Crippen LogP contribution is 2.38. The van der Waals surface area contributed by atoms with Gasteiger partial charge in [0, 0.05) is 5.56 Å². The third-order valence-electron chi connectivity index (χ3n) is 6.43. The number of ether oxygens (including phenoxy) is 2. The Morgan fingerprint density at radius 3 is 2.17 bits per heavy atom. The molecule has 0 unspecified atom stereocenters. The second-order valence-electron chi connectivity index (χ2n) is 8.51. The maximum atomic E-state index is 14.7. The van der Waals surface area contributed by atoms with Gasteiger partial charge >= 0.3 is 5.97 Å². The number of hydrogen-bond donors (Lipinski definition) is 1. The van der Waals surface area contributed by atoms with E-state index in [0.717, 1.165) is 0 Å². The summed E-state index contributed by atoms with van der Waals surface area (Å²) in [5.74, 6) is -5.86. The van der Waals surface area contributed by atoms with Gasteiger partial charge in [-0.15, -0.1) is 0 Å². The first kappa shape index (κ1) is 24.7. The summed E-state index contributed by atoms with van der Waals surface area (Å²) in [6, 6.07) is 11.6. The normalized spacial score (nSPS) is 17.8. The van der Waals surface area contributed by atoms with E-state index >= 15 is 0 Å². The average molecular weight is 488 g/mol. The second-order valence-corrected chi connectivity index (χ2v) is 8.51. The number of aliphatic hydroxyl groups excluding tert-OH is 1. The van der Waals surface area contributed by atoms with E-state index in [2.05, 4.69) is 0 Å². The fourth-order valence-corrected chi connectivity index (χ4v) is 4.45. The number of hydrogen-bond acceptors (Lipinski definition) is 4. The van der Waals surface area contributed by atoms with Crippen LogP contribution in [0.25, 0.3) is 11.1 Å². The average Bonchev–Trinajstić information content (AvgIpc) is 2.88. The molecule has 0 spiro atoms. The van der Waals surface area contributed by atoms with Crippen LogP contribution >= 0.6 is 0 Å². The van der Waals surface area contributed by atoms with Crippen LogP contribution in [0.1, 0.15) is 53.1 Å². The fourth-order valence-electron chi connectivity index (χ4n) is 4.45. The topological polar surface area (TPSA) is 55.8 Å². The SMILES string of the molecule is COc1ccc(C2CCC(OC(=O)c3ccc(-c4ccc(CO)cc4)c(F)c3F)CC2)c(F)c1F. The van der Waals surface area contributed by atoms with E-state index < -0.39 is 40.9 Å². The van der Waals surface area contributed by atoms with E-state index in [9.17, 15) is 22.4 Å². The van der Waals surface area contributed by atoms with E-state index in [1.807, 2.05) is 0 Å². The zero-order valence-corrected chi connectivity index (χ0v) is 19.0. The lowest BCUT2D eigenvalue weighted by Crippen LogP contribution is -2.25. The molecule has 1 aliphatic carbocycles. The van der Waals surface area contributed by atoms with Crippen molar-refractivity contribution in [3.63, 3.8) is 0 Å². The van der Waals surface area contributed by atoms with Crippen molar-refractivity contribution in [2.75, 3.05) is 7.11 Å². The van der Waals surface area contributed by atoms with Gasteiger partial charge in [0.25, 0.3) is 0 Å². The molecule has 0 saturated heterocycles. The molecule has 1 saturated carbocycles. The molecule has 35 heavy (non-hydrogen) atoms. The van der Waals surface area contributed by atoms with Gasteiger partial charge < -0.3 is 14.6 Å². The van der Waals surface area contributed by atoms with Gasteiger partial charge in [0.1, 0.15) is 6.10 Å². The van der Waals surface area contributed by atoms with Crippen molar-refractivity contribution in [3.05, 3.63) is 88.5 Å². The van der Waals surface area contributed by atoms with Crippen LogP contribution in [0.15, 0.2) is 48.5 Å². The van der Waals surface area contributed by atoms with Crippen molar-refractivity contribution in [2.45, 2.75) is 44.3 Å². The maximum absolute atomic E-state index is 14.7. The molecule has 1 fully saturated rings. The van der Waals surface area contributed by atoms with Crippen LogP contribution in [-0.2, 0) is 11.3 Å². The molecule has 0 aliphatic heterocycles. The van der Waals surface area contributed by atoms with Gasteiger partial charge in [-0.1, -0.05) is 36.4 Å². The number of rotatable bonds is 6. The lowest BCUT2D eigenvalue weighted by molar-refractivity contribution is 0.0188. The summed E-state index contributed by atoms with van der Waals surface area (Å²) in [7, 11) is 1.26. The van der Waals surface area contributed by atoms with Crippen LogP contribution < -0.4 is 4.74 Å². The van der Waals surface area contributed by atoms with Crippen molar-refractivity contribution >= 4 is 5.97 Å². The smallest absolute Gasteiger partial charge is 0.341 e. The molecule has 4 nitrogen and oxygen atoms in total. The monoisotopic (exact) mass is 488 g/mol. The van der Waals surface area contributed by atoms with E-state index in [4.69, 9.17) is 14.6 Å². The van der Waals surface area contributed by atoms with Crippen LogP contribution in [0.4, 0.5) is 17.6 Å². The number of carbonyl (C=O) groups excluding carboxylic acids is 1. The molecule has 0 amide bonds. The minimum atomic E-state index is -1.30. The minimum absolute atomic E-state index is 0.0159. The van der Waals surface area contributed by atoms with Crippen LogP contribution in [0.3, 0.4) is 0 Å². The Bertz CT molecular complexity index is 1220. The first-order valence-electron chi connectivity index (χ1n) is 11.2. The number of methoxy groups -OCH3 is 1. The predicted octanol–water partition coefficient (Wildman–Crippen LogP) is 6.29.